The Morgan fingerprint density at radius 2 is 1.45 bits per heavy atom. The van der Waals surface area contributed by atoms with Gasteiger partial charge in [-0.15, -0.1) is 0 Å². The zero-order valence-electron chi connectivity index (χ0n) is 22.6. The first-order chi connectivity index (χ1) is 20.9. The number of thiol groups is 1. The van der Waals surface area contributed by atoms with Crippen LogP contribution in [0.5, 0.6) is 0 Å². The molecule has 3 aliphatic heterocycles. The monoisotopic (exact) mass is 673 g/mol. The standard InChI is InChI=1S/C21H24BF2N9O8P2S/c22-42(34)36-3-9-16(12(24)21(38-9)33-7-31-14-17(26)28-5-29-19(14)33)41-43(35,44)37-4-10-15(40-42)11(23)20(39-10)32-6-30-13-8(25)1-2-27-18(13)32/h1-2,5-7,9-12,15-16,20-21H,3-4,22H2,(H2,25,27)(H,35,44)(H2,26,28,29)/t9-,10-,11-,12-,15-,16-,20-,21-,42+,43+/m1/s1. The van der Waals surface area contributed by atoms with Crippen molar-refractivity contribution >= 4 is 67.9 Å². The second kappa shape index (κ2) is 11.0. The van der Waals surface area contributed by atoms with Crippen LogP contribution in [0, 0.1) is 0 Å². The highest BCUT2D eigenvalue weighted by molar-refractivity contribution is 8.44. The maximum Gasteiger partial charge on any atom is 0.386 e. The van der Waals surface area contributed by atoms with Gasteiger partial charge in [-0.05, 0) is 6.07 Å². The Balaban J connectivity index is 1.17. The third-order valence-corrected chi connectivity index (χ3v) is 10.3. The molecule has 10 atom stereocenters. The van der Waals surface area contributed by atoms with Crippen LogP contribution in [0.4, 0.5) is 20.3 Å². The highest BCUT2D eigenvalue weighted by atomic mass is 32.7. The van der Waals surface area contributed by atoms with E-state index in [-0.39, 0.29) is 22.6 Å². The molecule has 0 radical (unpaired) electrons. The summed E-state index contributed by atoms with van der Waals surface area (Å²) >= 11 is 4.01. The molecule has 3 saturated heterocycles. The first kappa shape index (κ1) is 29.9. The van der Waals surface area contributed by atoms with Crippen LogP contribution in [0.25, 0.3) is 22.3 Å². The van der Waals surface area contributed by atoms with Crippen LogP contribution >= 0.6 is 26.5 Å². The second-order valence-electron chi connectivity index (χ2n) is 10.3. The summed E-state index contributed by atoms with van der Waals surface area (Å²) in [6.45, 7) is -5.53. The molecule has 3 fully saturated rings. The fourth-order valence-electron chi connectivity index (χ4n) is 5.36. The van der Waals surface area contributed by atoms with Crippen molar-refractivity contribution in [2.75, 3.05) is 24.7 Å². The molecule has 0 bridgehead atoms. The van der Waals surface area contributed by atoms with E-state index in [9.17, 15) is 9.13 Å². The predicted molar refractivity (Wildman–Crippen MR) is 154 cm³/mol. The van der Waals surface area contributed by atoms with Crippen LogP contribution in [0.15, 0.2) is 31.2 Å². The van der Waals surface area contributed by atoms with Gasteiger partial charge in [-0.25, -0.2) is 38.3 Å². The van der Waals surface area contributed by atoms with Crippen molar-refractivity contribution in [3.8, 4) is 0 Å². The predicted octanol–water partition coefficient (Wildman–Crippen LogP) is 1.50. The zero-order chi connectivity index (χ0) is 31.0. The molecule has 0 spiro atoms. The molecule has 4 aromatic rings. The molecule has 23 heteroatoms. The van der Waals surface area contributed by atoms with E-state index in [1.807, 2.05) is 0 Å². The number of aromatic nitrogens is 7. The minimum absolute atomic E-state index is 0.0633. The van der Waals surface area contributed by atoms with Gasteiger partial charge >= 0.3 is 6.80 Å². The Morgan fingerprint density at radius 1 is 0.864 bits per heavy atom. The average Bonchev–Trinajstić information content (AvgIpc) is 3.73. The highest BCUT2D eigenvalue weighted by Crippen LogP contribution is 2.58. The summed E-state index contributed by atoms with van der Waals surface area (Å²) in [6.07, 6.45) is -7.32. The number of nitrogen functional groups attached to an aromatic ring is 2. The van der Waals surface area contributed by atoms with Crippen LogP contribution in [-0.4, -0.2) is 91.6 Å². The highest BCUT2D eigenvalue weighted by Gasteiger charge is 2.54. The Kier molecular flexibility index (Phi) is 7.46. The quantitative estimate of drug-likeness (QED) is 0.156. The average molecular weight is 673 g/mol. The number of pyridine rings is 1. The number of hydrogen-bond acceptors (Lipinski definition) is 15. The Hall–Kier alpha value is -2.74. The number of ether oxygens (including phenoxy) is 2. The van der Waals surface area contributed by atoms with Gasteiger partial charge in [0.1, 0.15) is 41.8 Å². The lowest BCUT2D eigenvalue weighted by Gasteiger charge is -2.29. The molecule has 0 aromatic carbocycles. The first-order valence-electron chi connectivity index (χ1n) is 13.1. The van der Waals surface area contributed by atoms with Crippen LogP contribution in [0.3, 0.4) is 0 Å². The second-order valence-corrected chi connectivity index (χ2v) is 15.2. The van der Waals surface area contributed by atoms with Crippen LogP contribution in [0.1, 0.15) is 12.5 Å². The molecule has 0 amide bonds. The topological polar surface area (TPSA) is 216 Å². The number of nitrogens with zero attached hydrogens (tertiary/aromatic N) is 7. The number of anilines is 2. The summed E-state index contributed by atoms with van der Waals surface area (Å²) in [6, 6.07) is 1.53. The van der Waals surface area contributed by atoms with Crippen LogP contribution in [0.2, 0.25) is 0 Å². The summed E-state index contributed by atoms with van der Waals surface area (Å²) in [5.41, 5.74) is 13.0. The van der Waals surface area contributed by atoms with E-state index in [2.05, 4.69) is 37.2 Å². The van der Waals surface area contributed by atoms with Gasteiger partial charge in [0.05, 0.1) is 31.6 Å². The van der Waals surface area contributed by atoms with Gasteiger partial charge in [-0.1, -0.05) is 12.2 Å². The lowest BCUT2D eigenvalue weighted by atomic mass is 10.1. The minimum atomic E-state index is -4.36. The van der Waals surface area contributed by atoms with Crippen LogP contribution < -0.4 is 11.5 Å². The molecule has 4 N–H and O–H groups in total. The van der Waals surface area contributed by atoms with Gasteiger partial charge in [-0.3, -0.25) is 22.7 Å². The number of alkyl halides is 2. The summed E-state index contributed by atoms with van der Waals surface area (Å²) < 4.78 is 95.2. The number of halogens is 2. The summed E-state index contributed by atoms with van der Waals surface area (Å²) in [5, 5.41) is 0. The van der Waals surface area contributed by atoms with E-state index in [0.29, 0.717) is 11.2 Å². The lowest BCUT2D eigenvalue weighted by Crippen LogP contribution is -2.37. The largest absolute Gasteiger partial charge is 0.397 e. The molecule has 0 unspecified atom stereocenters. The molecule has 44 heavy (non-hydrogen) atoms. The third-order valence-electron chi connectivity index (χ3n) is 7.40. The molecule has 0 aliphatic carbocycles. The number of rotatable bonds is 2. The van der Waals surface area contributed by atoms with E-state index in [0.717, 1.165) is 7.57 Å². The van der Waals surface area contributed by atoms with Crippen molar-refractivity contribution < 1.29 is 45.5 Å². The van der Waals surface area contributed by atoms with Crippen molar-refractivity contribution in [3.05, 3.63) is 31.2 Å². The number of hydrogen-bond donors (Lipinski definition) is 3. The van der Waals surface area contributed by atoms with Crippen molar-refractivity contribution in [2.24, 2.45) is 0 Å². The first-order valence-corrected chi connectivity index (χ1v) is 17.8. The van der Waals surface area contributed by atoms with Gasteiger partial charge < -0.3 is 30.0 Å². The van der Waals surface area contributed by atoms with E-state index in [1.54, 1.807) is 0 Å². The number of nitrogens with two attached hydrogens (primary N) is 2. The molecule has 7 rings (SSSR count). The Morgan fingerprint density at radius 3 is 2.14 bits per heavy atom. The van der Waals surface area contributed by atoms with Crippen LogP contribution in [-0.2, 0) is 36.7 Å². The van der Waals surface area contributed by atoms with E-state index >= 15 is 8.78 Å². The Labute approximate surface area is 252 Å². The Bertz CT molecular complexity index is 1710. The normalized spacial score (nSPS) is 38.2. The maximum atomic E-state index is 16.0. The summed E-state index contributed by atoms with van der Waals surface area (Å²) in [5.74, 6) is 0.0633. The molecule has 17 nitrogen and oxygen atoms in total. The van der Waals surface area contributed by atoms with Gasteiger partial charge in [0.2, 0.25) is 0 Å². The van der Waals surface area contributed by atoms with E-state index in [4.69, 9.17) is 39.0 Å². The van der Waals surface area contributed by atoms with Crippen molar-refractivity contribution in [3.63, 3.8) is 0 Å². The molecule has 234 valence electrons. The maximum absolute atomic E-state index is 16.0. The zero-order valence-corrected chi connectivity index (χ0v) is 25.3. The van der Waals surface area contributed by atoms with Gasteiger partial charge in [-0.2, -0.15) is 0 Å². The molecule has 4 aromatic heterocycles. The SMILES string of the molecule is B[P@]1(=O)OC[C@H]2O[C@@H](n3cnc4c(N)ncnc43)[C@H](F)[C@@H]2O[P@@](=O)(S)OC[C@H]2O[C@@H](n3cnc4c(N)ccnc43)[C@H](F)[C@@H]2O1. The molecular formula is C21H24BF2N9O8P2S. The fourth-order valence-corrected chi connectivity index (χ4v) is 8.02. The molecule has 7 heterocycles. The fraction of sp³-hybridized carbons (Fsp3) is 0.476. The van der Waals surface area contributed by atoms with Crippen molar-refractivity contribution in [1.82, 2.24) is 34.1 Å². The van der Waals surface area contributed by atoms with Gasteiger partial charge in [0.15, 0.2) is 41.9 Å². The summed E-state index contributed by atoms with van der Waals surface area (Å²) in [4.78, 5) is 20.4. The van der Waals surface area contributed by atoms with Gasteiger partial charge in [0.25, 0.3) is 15.0 Å². The van der Waals surface area contributed by atoms with E-state index in [1.165, 1.54) is 40.4 Å². The minimum Gasteiger partial charge on any atom is -0.397 e. The number of fused-ring (bicyclic) bond motifs is 4. The molecule has 0 saturated carbocycles. The smallest absolute Gasteiger partial charge is 0.386 e. The van der Waals surface area contributed by atoms with Gasteiger partial charge in [0, 0.05) is 6.20 Å². The number of imidazole rings is 2. The van der Waals surface area contributed by atoms with E-state index < -0.39 is 76.7 Å². The summed E-state index contributed by atoms with van der Waals surface area (Å²) in [7, 11) is -2.95. The third kappa shape index (κ3) is 5.19. The molecular weight excluding hydrogens is 649 g/mol. The van der Waals surface area contributed by atoms with Crippen molar-refractivity contribution in [2.45, 2.75) is 49.2 Å². The molecule has 3 aliphatic rings. The van der Waals surface area contributed by atoms with Crippen molar-refractivity contribution in [1.29, 1.82) is 0 Å². The lowest BCUT2D eigenvalue weighted by molar-refractivity contribution is -0.0546.